The molecule has 0 bridgehead atoms. The normalized spacial score (nSPS) is 15.2. The SMILES string of the molecule is CCCc1nc(N2CCCN(C(=O)C(C)(C)CCl)CC2)c2cnn(-c3ccccc3)c2n1. The third kappa shape index (κ3) is 4.44. The molecule has 0 N–H and O–H groups in total. The van der Waals surface area contributed by atoms with Crippen LogP contribution in [0.2, 0.25) is 0 Å². The number of nitrogens with zero attached hydrogens (tertiary/aromatic N) is 6. The molecule has 170 valence electrons. The van der Waals surface area contributed by atoms with Crippen LogP contribution in [0.4, 0.5) is 5.82 Å². The topological polar surface area (TPSA) is 67.2 Å². The molecule has 0 spiro atoms. The molecule has 1 amide bonds. The highest BCUT2D eigenvalue weighted by molar-refractivity contribution is 6.19. The predicted octanol–water partition coefficient (Wildman–Crippen LogP) is 4.07. The van der Waals surface area contributed by atoms with Crippen molar-refractivity contribution in [1.29, 1.82) is 0 Å². The van der Waals surface area contributed by atoms with Crippen LogP contribution in [0.5, 0.6) is 0 Å². The average molecular weight is 455 g/mol. The van der Waals surface area contributed by atoms with E-state index in [0.29, 0.717) is 12.4 Å². The van der Waals surface area contributed by atoms with Gasteiger partial charge in [0.15, 0.2) is 5.65 Å². The second kappa shape index (κ2) is 9.45. The largest absolute Gasteiger partial charge is 0.354 e. The Labute approximate surface area is 194 Å². The highest BCUT2D eigenvalue weighted by atomic mass is 35.5. The molecule has 0 atom stereocenters. The molecule has 1 fully saturated rings. The Hall–Kier alpha value is -2.67. The molecule has 4 rings (SSSR count). The van der Waals surface area contributed by atoms with E-state index >= 15 is 0 Å². The van der Waals surface area contributed by atoms with Crippen LogP contribution in [0.1, 0.15) is 39.4 Å². The summed E-state index contributed by atoms with van der Waals surface area (Å²) in [4.78, 5) is 27.0. The number of hydrogen-bond acceptors (Lipinski definition) is 5. The van der Waals surface area contributed by atoms with E-state index in [-0.39, 0.29) is 5.91 Å². The van der Waals surface area contributed by atoms with E-state index in [0.717, 1.165) is 67.3 Å². The first kappa shape index (κ1) is 22.5. The lowest BCUT2D eigenvalue weighted by Gasteiger charge is -2.30. The fourth-order valence-corrected chi connectivity index (χ4v) is 4.20. The Morgan fingerprint density at radius 3 is 2.59 bits per heavy atom. The van der Waals surface area contributed by atoms with Crippen molar-refractivity contribution in [3.63, 3.8) is 0 Å². The van der Waals surface area contributed by atoms with E-state index < -0.39 is 5.41 Å². The molecule has 0 aliphatic carbocycles. The van der Waals surface area contributed by atoms with E-state index in [2.05, 4.69) is 16.9 Å². The van der Waals surface area contributed by atoms with Gasteiger partial charge in [0.25, 0.3) is 0 Å². The summed E-state index contributed by atoms with van der Waals surface area (Å²) in [6.45, 7) is 8.89. The molecule has 7 nitrogen and oxygen atoms in total. The molecule has 32 heavy (non-hydrogen) atoms. The van der Waals surface area contributed by atoms with Gasteiger partial charge in [-0.2, -0.15) is 5.10 Å². The van der Waals surface area contributed by atoms with E-state index in [4.69, 9.17) is 21.6 Å². The second-order valence-electron chi connectivity index (χ2n) is 8.99. The summed E-state index contributed by atoms with van der Waals surface area (Å²) >= 11 is 6.05. The summed E-state index contributed by atoms with van der Waals surface area (Å²) < 4.78 is 1.89. The van der Waals surface area contributed by atoms with Crippen LogP contribution in [0.15, 0.2) is 36.5 Å². The number of carbonyl (C=O) groups is 1. The van der Waals surface area contributed by atoms with E-state index in [1.807, 2.05) is 60.0 Å². The Morgan fingerprint density at radius 2 is 1.88 bits per heavy atom. The molecule has 0 radical (unpaired) electrons. The number of aromatic nitrogens is 4. The lowest BCUT2D eigenvalue weighted by atomic mass is 9.94. The first-order chi connectivity index (χ1) is 15.4. The van der Waals surface area contributed by atoms with Crippen LogP contribution >= 0.6 is 11.6 Å². The number of anilines is 1. The number of carbonyl (C=O) groups excluding carboxylic acids is 1. The van der Waals surface area contributed by atoms with Crippen molar-refractivity contribution in [3.8, 4) is 5.69 Å². The third-order valence-electron chi connectivity index (χ3n) is 5.92. The minimum atomic E-state index is -0.552. The number of benzene rings is 1. The fraction of sp³-hybridized carbons (Fsp3) is 0.500. The maximum absolute atomic E-state index is 12.9. The number of rotatable bonds is 6. The van der Waals surface area contributed by atoms with Gasteiger partial charge in [0.1, 0.15) is 11.6 Å². The molecule has 0 unspecified atom stereocenters. The Balaban J connectivity index is 1.68. The zero-order valence-corrected chi connectivity index (χ0v) is 19.8. The number of para-hydroxylation sites is 1. The van der Waals surface area contributed by atoms with Crippen molar-refractivity contribution in [2.45, 2.75) is 40.0 Å². The van der Waals surface area contributed by atoms with E-state index in [1.54, 1.807) is 0 Å². The minimum absolute atomic E-state index is 0.116. The molecule has 0 saturated carbocycles. The quantitative estimate of drug-likeness (QED) is 0.525. The Kier molecular flexibility index (Phi) is 6.65. The van der Waals surface area contributed by atoms with Gasteiger partial charge in [0, 0.05) is 38.5 Å². The van der Waals surface area contributed by atoms with Crippen LogP contribution in [-0.4, -0.2) is 62.6 Å². The van der Waals surface area contributed by atoms with Gasteiger partial charge >= 0.3 is 0 Å². The molecule has 2 aromatic heterocycles. The highest BCUT2D eigenvalue weighted by Crippen LogP contribution is 2.28. The zero-order valence-electron chi connectivity index (χ0n) is 19.1. The fourth-order valence-electron chi connectivity index (χ4n) is 4.09. The number of aryl methyl sites for hydroxylation is 1. The maximum atomic E-state index is 12.9. The smallest absolute Gasteiger partial charge is 0.229 e. The van der Waals surface area contributed by atoms with Crippen LogP contribution in [-0.2, 0) is 11.2 Å². The molecule has 3 aromatic rings. The molecule has 3 heterocycles. The number of halogens is 1. The van der Waals surface area contributed by atoms with Gasteiger partial charge in [-0.15, -0.1) is 11.6 Å². The third-order valence-corrected chi connectivity index (χ3v) is 6.59. The van der Waals surface area contributed by atoms with Crippen molar-refractivity contribution in [1.82, 2.24) is 24.6 Å². The zero-order chi connectivity index (χ0) is 22.7. The predicted molar refractivity (Wildman–Crippen MR) is 129 cm³/mol. The van der Waals surface area contributed by atoms with Crippen LogP contribution < -0.4 is 4.90 Å². The summed E-state index contributed by atoms with van der Waals surface area (Å²) in [5, 5.41) is 5.58. The lowest BCUT2D eigenvalue weighted by Crippen LogP contribution is -2.43. The monoisotopic (exact) mass is 454 g/mol. The minimum Gasteiger partial charge on any atom is -0.354 e. The van der Waals surface area contributed by atoms with Crippen molar-refractivity contribution in [2.24, 2.45) is 5.41 Å². The van der Waals surface area contributed by atoms with Gasteiger partial charge in [-0.05, 0) is 38.8 Å². The van der Waals surface area contributed by atoms with Crippen molar-refractivity contribution >= 4 is 34.4 Å². The summed E-state index contributed by atoms with van der Waals surface area (Å²) in [6, 6.07) is 10.1. The summed E-state index contributed by atoms with van der Waals surface area (Å²) in [5.74, 6) is 2.17. The maximum Gasteiger partial charge on any atom is 0.229 e. The van der Waals surface area contributed by atoms with Gasteiger partial charge in [-0.1, -0.05) is 25.1 Å². The van der Waals surface area contributed by atoms with E-state index in [9.17, 15) is 4.79 Å². The number of alkyl halides is 1. The Morgan fingerprint density at radius 1 is 1.09 bits per heavy atom. The molecular weight excluding hydrogens is 424 g/mol. The number of hydrogen-bond donors (Lipinski definition) is 0. The van der Waals surface area contributed by atoms with Crippen LogP contribution in [0.3, 0.4) is 0 Å². The van der Waals surface area contributed by atoms with Crippen molar-refractivity contribution in [3.05, 3.63) is 42.4 Å². The highest BCUT2D eigenvalue weighted by Gasteiger charge is 2.32. The summed E-state index contributed by atoms with van der Waals surface area (Å²) in [6.07, 6.45) is 4.52. The van der Waals surface area contributed by atoms with E-state index in [1.165, 1.54) is 0 Å². The second-order valence-corrected chi connectivity index (χ2v) is 9.26. The van der Waals surface area contributed by atoms with Gasteiger partial charge in [-0.3, -0.25) is 4.79 Å². The molecule has 1 aliphatic rings. The molecule has 1 saturated heterocycles. The molecule has 8 heteroatoms. The lowest BCUT2D eigenvalue weighted by molar-refractivity contribution is -0.139. The summed E-state index contributed by atoms with van der Waals surface area (Å²) in [7, 11) is 0. The van der Waals surface area contributed by atoms with Gasteiger partial charge < -0.3 is 9.80 Å². The van der Waals surface area contributed by atoms with Crippen LogP contribution in [0, 0.1) is 5.41 Å². The van der Waals surface area contributed by atoms with Gasteiger partial charge in [0.05, 0.1) is 22.7 Å². The standard InChI is InChI=1S/C24H31ClN6O/c1-4-9-20-27-21(19-16-26-31(22(19)28-20)18-10-6-5-7-11-18)29-12-8-13-30(15-14-29)23(32)24(2,3)17-25/h5-7,10-11,16H,4,8-9,12-15,17H2,1-3H3. The average Bonchev–Trinajstić information content (AvgIpc) is 3.08. The number of amides is 1. The molecular formula is C24H31ClN6O. The first-order valence-corrected chi connectivity index (χ1v) is 11.9. The van der Waals surface area contributed by atoms with Crippen molar-refractivity contribution in [2.75, 3.05) is 37.0 Å². The molecule has 1 aliphatic heterocycles. The summed E-state index contributed by atoms with van der Waals surface area (Å²) in [5.41, 5.74) is 1.25. The molecule has 1 aromatic carbocycles. The Bertz CT molecular complexity index is 1080. The van der Waals surface area contributed by atoms with Crippen molar-refractivity contribution < 1.29 is 4.79 Å². The first-order valence-electron chi connectivity index (χ1n) is 11.3. The number of fused-ring (bicyclic) bond motifs is 1. The van der Waals surface area contributed by atoms with Gasteiger partial charge in [-0.25, -0.2) is 14.6 Å². The van der Waals surface area contributed by atoms with Crippen LogP contribution in [0.25, 0.3) is 16.7 Å². The van der Waals surface area contributed by atoms with Gasteiger partial charge in [0.2, 0.25) is 5.91 Å².